The first-order valence-corrected chi connectivity index (χ1v) is 4.67. The third-order valence-corrected chi connectivity index (χ3v) is 1.83. The van der Waals surface area contributed by atoms with Crippen molar-refractivity contribution in [1.29, 1.82) is 0 Å². The maximum atomic E-state index is 12.0. The molecule has 2 N–H and O–H groups in total. The zero-order valence-electron chi connectivity index (χ0n) is 8.61. The van der Waals surface area contributed by atoms with Crippen molar-refractivity contribution in [3.63, 3.8) is 0 Å². The van der Waals surface area contributed by atoms with E-state index >= 15 is 0 Å². The van der Waals surface area contributed by atoms with Gasteiger partial charge < -0.3 is 5.73 Å². The predicted molar refractivity (Wildman–Crippen MR) is 51.4 cm³/mol. The summed E-state index contributed by atoms with van der Waals surface area (Å²) in [6.45, 7) is 1.18. The van der Waals surface area contributed by atoms with Crippen molar-refractivity contribution >= 4 is 0 Å². The summed E-state index contributed by atoms with van der Waals surface area (Å²) < 4.78 is 25.6. The molecule has 0 amide bonds. The highest BCUT2D eigenvalue weighted by Crippen LogP contribution is 2.01. The molecule has 15 heavy (non-hydrogen) atoms. The minimum Gasteiger partial charge on any atom is -0.329 e. The van der Waals surface area contributed by atoms with Crippen LogP contribution in [-0.4, -0.2) is 46.5 Å². The topological polar surface area (TPSA) is 60.0 Å². The van der Waals surface area contributed by atoms with Gasteiger partial charge in [0.25, 0.3) is 6.43 Å². The van der Waals surface area contributed by atoms with Crippen LogP contribution in [-0.2, 0) is 13.1 Å². The number of alkyl halides is 2. The van der Waals surface area contributed by atoms with Crippen LogP contribution >= 0.6 is 0 Å². The van der Waals surface area contributed by atoms with Gasteiger partial charge >= 0.3 is 0 Å². The van der Waals surface area contributed by atoms with Gasteiger partial charge in [-0.1, -0.05) is 5.21 Å². The number of nitrogens with zero attached hydrogens (tertiary/aromatic N) is 4. The normalized spacial score (nSPS) is 11.6. The molecule has 0 aromatic carbocycles. The number of rotatable bonds is 6. The molecule has 1 aromatic heterocycles. The van der Waals surface area contributed by atoms with Crippen LogP contribution in [0, 0.1) is 0 Å². The maximum Gasteiger partial charge on any atom is 0.251 e. The lowest BCUT2D eigenvalue weighted by molar-refractivity contribution is 0.0970. The monoisotopic (exact) mass is 219 g/mol. The Balaban J connectivity index is 2.42. The molecule has 0 saturated carbocycles. The molecular formula is C8H15F2N5. The summed E-state index contributed by atoms with van der Waals surface area (Å²) in [5.41, 5.74) is 6.01. The van der Waals surface area contributed by atoms with Crippen LogP contribution in [0.5, 0.6) is 0 Å². The van der Waals surface area contributed by atoms with Crippen LogP contribution in [0.3, 0.4) is 0 Å². The van der Waals surface area contributed by atoms with Crippen molar-refractivity contribution in [3.8, 4) is 0 Å². The van der Waals surface area contributed by atoms with E-state index in [1.165, 1.54) is 4.90 Å². The Morgan fingerprint density at radius 3 is 2.93 bits per heavy atom. The van der Waals surface area contributed by atoms with Crippen molar-refractivity contribution in [2.24, 2.45) is 5.73 Å². The van der Waals surface area contributed by atoms with Gasteiger partial charge in [-0.15, -0.1) is 5.10 Å². The van der Waals surface area contributed by atoms with E-state index in [4.69, 9.17) is 5.73 Å². The van der Waals surface area contributed by atoms with E-state index in [0.717, 1.165) is 0 Å². The van der Waals surface area contributed by atoms with Crippen molar-refractivity contribution in [2.75, 3.05) is 20.1 Å². The van der Waals surface area contributed by atoms with Gasteiger partial charge in [0.05, 0.1) is 18.8 Å². The molecule has 5 nitrogen and oxygen atoms in total. The molecule has 7 heteroatoms. The minimum atomic E-state index is -2.32. The van der Waals surface area contributed by atoms with Crippen LogP contribution in [0.25, 0.3) is 0 Å². The molecule has 0 fully saturated rings. The Labute approximate surface area is 86.8 Å². The van der Waals surface area contributed by atoms with E-state index in [-0.39, 0.29) is 6.54 Å². The van der Waals surface area contributed by atoms with Gasteiger partial charge in [-0.3, -0.25) is 9.58 Å². The zero-order chi connectivity index (χ0) is 11.3. The fraction of sp³-hybridized carbons (Fsp3) is 0.750. The number of hydrogen-bond donors (Lipinski definition) is 1. The molecule has 0 atom stereocenters. The van der Waals surface area contributed by atoms with Crippen LogP contribution in [0.4, 0.5) is 8.78 Å². The molecule has 0 unspecified atom stereocenters. The molecule has 0 aliphatic carbocycles. The lowest BCUT2D eigenvalue weighted by Crippen LogP contribution is -2.24. The van der Waals surface area contributed by atoms with E-state index in [0.29, 0.717) is 25.3 Å². The maximum absolute atomic E-state index is 12.0. The molecule has 1 aromatic rings. The third-order valence-electron chi connectivity index (χ3n) is 1.83. The summed E-state index contributed by atoms with van der Waals surface area (Å²) in [5, 5.41) is 7.66. The summed E-state index contributed by atoms with van der Waals surface area (Å²) in [6, 6.07) is 0. The largest absolute Gasteiger partial charge is 0.329 e. The average Bonchev–Trinajstić information content (AvgIpc) is 2.51. The van der Waals surface area contributed by atoms with Gasteiger partial charge in [-0.25, -0.2) is 8.78 Å². The smallest absolute Gasteiger partial charge is 0.251 e. The Hall–Kier alpha value is -1.08. The van der Waals surface area contributed by atoms with Gasteiger partial charge in [0.2, 0.25) is 0 Å². The summed E-state index contributed by atoms with van der Waals surface area (Å²) in [4.78, 5) is 1.50. The Morgan fingerprint density at radius 2 is 2.33 bits per heavy atom. The molecule has 1 rings (SSSR count). The number of aromatic nitrogens is 3. The molecule has 86 valence electrons. The van der Waals surface area contributed by atoms with Crippen LogP contribution in [0.1, 0.15) is 5.69 Å². The fourth-order valence-corrected chi connectivity index (χ4v) is 1.23. The minimum absolute atomic E-state index is 0.260. The van der Waals surface area contributed by atoms with Gasteiger partial charge in [-0.05, 0) is 7.05 Å². The lowest BCUT2D eigenvalue weighted by Gasteiger charge is -2.13. The Kier molecular flexibility index (Phi) is 4.57. The predicted octanol–water partition coefficient (Wildman–Crippen LogP) is -0.0663. The standard InChI is InChI=1S/C8H15F2N5/c1-14(6-8(9)10)4-7-5-15(3-2-11)13-12-7/h5,8H,2-4,6,11H2,1H3. The molecule has 1 heterocycles. The summed E-state index contributed by atoms with van der Waals surface area (Å²) in [5.74, 6) is 0. The van der Waals surface area contributed by atoms with Crippen LogP contribution < -0.4 is 5.73 Å². The SMILES string of the molecule is CN(Cc1cn(CCN)nn1)CC(F)F. The van der Waals surface area contributed by atoms with E-state index in [9.17, 15) is 8.78 Å². The van der Waals surface area contributed by atoms with E-state index in [2.05, 4.69) is 10.3 Å². The summed E-state index contributed by atoms with van der Waals surface area (Å²) in [7, 11) is 1.62. The van der Waals surface area contributed by atoms with Gasteiger partial charge in [0.15, 0.2) is 0 Å². The van der Waals surface area contributed by atoms with Crippen molar-refractivity contribution in [2.45, 2.75) is 19.5 Å². The van der Waals surface area contributed by atoms with Crippen molar-refractivity contribution in [3.05, 3.63) is 11.9 Å². The second-order valence-corrected chi connectivity index (χ2v) is 3.35. The zero-order valence-corrected chi connectivity index (χ0v) is 8.61. The molecule has 0 radical (unpaired) electrons. The van der Waals surface area contributed by atoms with Gasteiger partial charge in [0.1, 0.15) is 0 Å². The third kappa shape index (κ3) is 4.30. The average molecular weight is 219 g/mol. The quantitative estimate of drug-likeness (QED) is 0.727. The van der Waals surface area contributed by atoms with Gasteiger partial charge in [-0.2, -0.15) is 0 Å². The molecule has 0 spiro atoms. The second kappa shape index (κ2) is 5.72. The lowest BCUT2D eigenvalue weighted by atomic mass is 10.4. The molecule has 0 saturated heterocycles. The Morgan fingerprint density at radius 1 is 1.60 bits per heavy atom. The van der Waals surface area contributed by atoms with Crippen LogP contribution in [0.2, 0.25) is 0 Å². The van der Waals surface area contributed by atoms with Crippen molar-refractivity contribution in [1.82, 2.24) is 19.9 Å². The number of nitrogens with two attached hydrogens (primary N) is 1. The molecule has 0 bridgehead atoms. The van der Waals surface area contributed by atoms with E-state index in [1.54, 1.807) is 17.9 Å². The highest BCUT2D eigenvalue weighted by atomic mass is 19.3. The first kappa shape index (κ1) is 12.0. The summed E-state index contributed by atoms with van der Waals surface area (Å²) in [6.07, 6.45) is -0.608. The van der Waals surface area contributed by atoms with Crippen molar-refractivity contribution < 1.29 is 8.78 Å². The number of hydrogen-bond acceptors (Lipinski definition) is 4. The molecule has 0 aliphatic rings. The first-order chi connectivity index (χ1) is 7.11. The number of halogens is 2. The first-order valence-electron chi connectivity index (χ1n) is 4.67. The highest BCUT2D eigenvalue weighted by molar-refractivity contribution is 4.91. The summed E-state index contributed by atoms with van der Waals surface area (Å²) >= 11 is 0. The second-order valence-electron chi connectivity index (χ2n) is 3.35. The molecule has 0 aliphatic heterocycles. The van der Waals surface area contributed by atoms with Crippen LogP contribution in [0.15, 0.2) is 6.20 Å². The fourth-order valence-electron chi connectivity index (χ4n) is 1.23. The highest BCUT2D eigenvalue weighted by Gasteiger charge is 2.09. The van der Waals surface area contributed by atoms with E-state index < -0.39 is 6.43 Å². The van der Waals surface area contributed by atoms with Gasteiger partial charge in [0, 0.05) is 19.3 Å². The molecular weight excluding hydrogens is 204 g/mol. The Bertz CT molecular complexity index is 288. The van der Waals surface area contributed by atoms with E-state index in [1.807, 2.05) is 0 Å².